The molecule has 5 nitrogen and oxygen atoms in total. The maximum Gasteiger partial charge on any atom is 0.325 e. The van der Waals surface area contributed by atoms with Gasteiger partial charge in [-0.15, -0.1) is 11.3 Å². The van der Waals surface area contributed by atoms with Crippen LogP contribution in [0, 0.1) is 3.95 Å². The lowest BCUT2D eigenvalue weighted by Crippen LogP contribution is -2.00. The Morgan fingerprint density at radius 2 is 2.19 bits per heavy atom. The highest BCUT2D eigenvalue weighted by molar-refractivity contribution is 7.73. The van der Waals surface area contributed by atoms with Crippen molar-refractivity contribution in [1.29, 1.82) is 0 Å². The lowest BCUT2D eigenvalue weighted by atomic mass is 10.4. The standard InChI is InChI=1S/C8H12NO4PS2/c1-2-6-7(10)9(8(15)16-6)4-3-5-14(11,12)13/h2,10H,1,3-5H2,(H2,11,12,13). The van der Waals surface area contributed by atoms with Crippen LogP contribution in [0.25, 0.3) is 6.08 Å². The van der Waals surface area contributed by atoms with Gasteiger partial charge in [0.1, 0.15) is 0 Å². The highest BCUT2D eigenvalue weighted by Crippen LogP contribution is 2.35. The molecule has 1 aromatic rings. The second kappa shape index (κ2) is 5.25. The number of hydrogen-bond acceptors (Lipinski definition) is 4. The summed E-state index contributed by atoms with van der Waals surface area (Å²) in [6.07, 6.45) is 1.54. The highest BCUT2D eigenvalue weighted by Gasteiger charge is 2.14. The molecule has 1 rings (SSSR count). The molecule has 0 aliphatic heterocycles. The first-order valence-electron chi connectivity index (χ1n) is 4.45. The van der Waals surface area contributed by atoms with Crippen molar-refractivity contribution in [2.45, 2.75) is 13.0 Å². The molecule has 0 radical (unpaired) electrons. The van der Waals surface area contributed by atoms with Crippen molar-refractivity contribution in [2.24, 2.45) is 0 Å². The maximum atomic E-state index is 10.6. The van der Waals surface area contributed by atoms with E-state index in [1.165, 1.54) is 22.0 Å². The van der Waals surface area contributed by atoms with E-state index in [0.29, 0.717) is 15.4 Å². The predicted molar refractivity (Wildman–Crippen MR) is 66.4 cm³/mol. The van der Waals surface area contributed by atoms with Crippen LogP contribution in [0.5, 0.6) is 5.88 Å². The van der Waals surface area contributed by atoms with Crippen LogP contribution in [-0.4, -0.2) is 25.6 Å². The van der Waals surface area contributed by atoms with Crippen LogP contribution in [0.15, 0.2) is 6.58 Å². The minimum Gasteiger partial charge on any atom is -0.493 e. The van der Waals surface area contributed by atoms with Crippen LogP contribution in [0.2, 0.25) is 0 Å². The first-order chi connectivity index (χ1) is 7.35. The van der Waals surface area contributed by atoms with Crippen LogP contribution in [0.1, 0.15) is 11.3 Å². The predicted octanol–water partition coefficient (Wildman–Crippen LogP) is 2.20. The van der Waals surface area contributed by atoms with Gasteiger partial charge in [-0.05, 0) is 24.7 Å². The van der Waals surface area contributed by atoms with Crippen molar-refractivity contribution in [3.8, 4) is 5.88 Å². The quantitative estimate of drug-likeness (QED) is 0.569. The van der Waals surface area contributed by atoms with E-state index in [4.69, 9.17) is 22.0 Å². The Kier molecular flexibility index (Phi) is 4.46. The molecule has 3 N–H and O–H groups in total. The van der Waals surface area contributed by atoms with Gasteiger partial charge < -0.3 is 14.9 Å². The Bertz CT molecular complexity index is 487. The first-order valence-corrected chi connectivity index (χ1v) is 7.47. The lowest BCUT2D eigenvalue weighted by Gasteiger charge is -2.05. The van der Waals surface area contributed by atoms with Gasteiger partial charge in [-0.1, -0.05) is 6.58 Å². The Hall–Kier alpha value is -0.460. The third-order valence-corrected chi connectivity index (χ3v) is 4.24. The Balaban J connectivity index is 2.75. The third-order valence-electron chi connectivity index (χ3n) is 1.91. The van der Waals surface area contributed by atoms with Gasteiger partial charge in [0.05, 0.1) is 11.0 Å². The Morgan fingerprint density at radius 1 is 1.56 bits per heavy atom. The van der Waals surface area contributed by atoms with Gasteiger partial charge in [0, 0.05) is 6.54 Å². The highest BCUT2D eigenvalue weighted by atomic mass is 32.1. The monoisotopic (exact) mass is 281 g/mol. The average Bonchev–Trinajstić information content (AvgIpc) is 2.42. The van der Waals surface area contributed by atoms with E-state index in [0.717, 1.165) is 0 Å². The number of thiazole rings is 1. The van der Waals surface area contributed by atoms with Crippen molar-refractivity contribution < 1.29 is 19.5 Å². The van der Waals surface area contributed by atoms with Gasteiger partial charge >= 0.3 is 7.60 Å². The lowest BCUT2D eigenvalue weighted by molar-refractivity contribution is 0.367. The summed E-state index contributed by atoms with van der Waals surface area (Å²) in [5.41, 5.74) is 0. The summed E-state index contributed by atoms with van der Waals surface area (Å²) in [7, 11) is -3.98. The molecule has 0 aromatic carbocycles. The summed E-state index contributed by atoms with van der Waals surface area (Å²) in [6, 6.07) is 0. The van der Waals surface area contributed by atoms with E-state index >= 15 is 0 Å². The van der Waals surface area contributed by atoms with Gasteiger partial charge in [0.2, 0.25) is 5.88 Å². The number of rotatable bonds is 5. The summed E-state index contributed by atoms with van der Waals surface area (Å²) >= 11 is 6.23. The molecule has 0 aliphatic rings. The minimum atomic E-state index is -3.98. The molecule has 0 aliphatic carbocycles. The number of nitrogens with zero attached hydrogens (tertiary/aromatic N) is 1. The van der Waals surface area contributed by atoms with Crippen LogP contribution in [0.3, 0.4) is 0 Å². The molecule has 1 heterocycles. The number of hydrogen-bond donors (Lipinski definition) is 3. The topological polar surface area (TPSA) is 82.7 Å². The second-order valence-electron chi connectivity index (χ2n) is 3.15. The van der Waals surface area contributed by atoms with E-state index in [1.807, 2.05) is 0 Å². The van der Waals surface area contributed by atoms with E-state index in [-0.39, 0.29) is 18.5 Å². The van der Waals surface area contributed by atoms with Crippen molar-refractivity contribution in [3.05, 3.63) is 15.4 Å². The summed E-state index contributed by atoms with van der Waals surface area (Å²) in [4.78, 5) is 17.9. The maximum absolute atomic E-state index is 10.6. The van der Waals surface area contributed by atoms with Gasteiger partial charge in [-0.3, -0.25) is 9.13 Å². The summed E-state index contributed by atoms with van der Waals surface area (Å²) in [5, 5.41) is 9.68. The second-order valence-corrected chi connectivity index (χ2v) is 6.61. The van der Waals surface area contributed by atoms with Gasteiger partial charge in [0.15, 0.2) is 3.95 Å². The fourth-order valence-electron chi connectivity index (χ4n) is 1.18. The molecule has 0 amide bonds. The largest absolute Gasteiger partial charge is 0.493 e. The van der Waals surface area contributed by atoms with E-state index in [1.54, 1.807) is 0 Å². The van der Waals surface area contributed by atoms with Gasteiger partial charge in [0.25, 0.3) is 0 Å². The van der Waals surface area contributed by atoms with E-state index < -0.39 is 7.60 Å². The molecule has 0 fully saturated rings. The molecule has 16 heavy (non-hydrogen) atoms. The zero-order valence-electron chi connectivity index (χ0n) is 8.37. The normalized spacial score (nSPS) is 11.6. The molecule has 0 spiro atoms. The molecule has 8 heteroatoms. The van der Waals surface area contributed by atoms with Crippen LogP contribution in [0.4, 0.5) is 0 Å². The van der Waals surface area contributed by atoms with Gasteiger partial charge in [-0.2, -0.15) is 0 Å². The fourth-order valence-corrected chi connectivity index (χ4v) is 2.94. The summed E-state index contributed by atoms with van der Waals surface area (Å²) in [6.45, 7) is 3.82. The molecule has 90 valence electrons. The Morgan fingerprint density at radius 3 is 2.62 bits per heavy atom. The zero-order valence-corrected chi connectivity index (χ0v) is 10.9. The van der Waals surface area contributed by atoms with Crippen LogP contribution in [-0.2, 0) is 11.1 Å². The van der Waals surface area contributed by atoms with Crippen LogP contribution < -0.4 is 0 Å². The molecular formula is C8H12NO4PS2. The molecule has 0 saturated heterocycles. The number of aromatic hydroxyl groups is 1. The minimum absolute atomic E-state index is 0.00992. The molecular weight excluding hydrogens is 269 g/mol. The molecule has 0 bridgehead atoms. The summed E-state index contributed by atoms with van der Waals surface area (Å²) < 4.78 is 12.6. The zero-order chi connectivity index (χ0) is 12.3. The van der Waals surface area contributed by atoms with E-state index in [9.17, 15) is 9.67 Å². The molecule has 0 unspecified atom stereocenters. The van der Waals surface area contributed by atoms with Crippen molar-refractivity contribution in [1.82, 2.24) is 4.57 Å². The fraction of sp³-hybridized carbons (Fsp3) is 0.375. The van der Waals surface area contributed by atoms with E-state index in [2.05, 4.69) is 6.58 Å². The van der Waals surface area contributed by atoms with Crippen molar-refractivity contribution in [3.63, 3.8) is 0 Å². The Labute approximate surface area is 102 Å². The average molecular weight is 281 g/mol. The smallest absolute Gasteiger partial charge is 0.325 e. The molecule has 0 saturated carbocycles. The SMILES string of the molecule is C=Cc1sc(=S)n(CCCP(=O)(O)O)c1O. The number of aromatic nitrogens is 1. The van der Waals surface area contributed by atoms with Crippen molar-refractivity contribution >= 4 is 37.2 Å². The summed E-state index contributed by atoms with van der Waals surface area (Å²) in [5.74, 6) is 0.00992. The van der Waals surface area contributed by atoms with Gasteiger partial charge in [-0.25, -0.2) is 0 Å². The van der Waals surface area contributed by atoms with Crippen molar-refractivity contribution in [2.75, 3.05) is 6.16 Å². The van der Waals surface area contributed by atoms with Crippen LogP contribution >= 0.6 is 31.2 Å². The molecule has 0 atom stereocenters. The third kappa shape index (κ3) is 3.54. The first kappa shape index (κ1) is 13.6. The molecule has 1 aromatic heterocycles.